The van der Waals surface area contributed by atoms with Crippen molar-refractivity contribution in [3.05, 3.63) is 23.8 Å². The first kappa shape index (κ1) is 13.4. The summed E-state index contributed by atoms with van der Waals surface area (Å²) in [5.74, 6) is -0.883. The number of anilines is 1. The van der Waals surface area contributed by atoms with E-state index >= 15 is 0 Å². The fourth-order valence-electron chi connectivity index (χ4n) is 1.91. The molecule has 102 valence electrons. The molecule has 1 heterocycles. The quantitative estimate of drug-likeness (QED) is 0.836. The number of rotatable bonds is 6. The van der Waals surface area contributed by atoms with Gasteiger partial charge in [0.25, 0.3) is 6.01 Å². The number of aryl methyl sites for hydroxylation is 1. The minimum Gasteiger partial charge on any atom is -0.480 e. The Balaban J connectivity index is 2.16. The second-order valence-electron chi connectivity index (χ2n) is 4.67. The molecule has 19 heavy (non-hydrogen) atoms. The number of fused-ring (bicyclic) bond motifs is 1. The Morgan fingerprint density at radius 3 is 3.00 bits per heavy atom. The van der Waals surface area contributed by atoms with Crippen LogP contribution in [0.5, 0.6) is 0 Å². The molecule has 0 amide bonds. The molecule has 0 aliphatic carbocycles. The zero-order chi connectivity index (χ0) is 13.8. The normalized spacial score (nSPS) is 12.5. The SMILES string of the molecule is CCCC[C@H](Nc1nc2cc(C)ccc2o1)C(=O)O. The van der Waals surface area contributed by atoms with Gasteiger partial charge in [-0.25, -0.2) is 4.79 Å². The van der Waals surface area contributed by atoms with Gasteiger partial charge in [-0.15, -0.1) is 0 Å². The van der Waals surface area contributed by atoms with Crippen molar-refractivity contribution >= 4 is 23.1 Å². The number of aliphatic carboxylic acids is 1. The molecule has 0 radical (unpaired) electrons. The van der Waals surface area contributed by atoms with E-state index in [-0.39, 0.29) is 6.01 Å². The molecule has 0 bridgehead atoms. The van der Waals surface area contributed by atoms with Gasteiger partial charge in [0.15, 0.2) is 5.58 Å². The third-order valence-corrected chi connectivity index (χ3v) is 2.99. The molecule has 1 atom stereocenters. The molecular weight excluding hydrogens is 244 g/mol. The average Bonchev–Trinajstić information content (AvgIpc) is 2.75. The number of carbonyl (C=O) groups is 1. The third-order valence-electron chi connectivity index (χ3n) is 2.99. The van der Waals surface area contributed by atoms with Crippen molar-refractivity contribution in [2.45, 2.75) is 39.2 Å². The molecule has 0 saturated heterocycles. The molecule has 1 aromatic heterocycles. The second-order valence-corrected chi connectivity index (χ2v) is 4.67. The van der Waals surface area contributed by atoms with Crippen molar-refractivity contribution in [3.63, 3.8) is 0 Å². The third kappa shape index (κ3) is 3.24. The van der Waals surface area contributed by atoms with E-state index in [0.717, 1.165) is 23.9 Å². The highest BCUT2D eigenvalue weighted by Crippen LogP contribution is 2.21. The number of hydrogen-bond acceptors (Lipinski definition) is 4. The summed E-state index contributed by atoms with van der Waals surface area (Å²) in [6.45, 7) is 4.00. The Hall–Kier alpha value is -2.04. The zero-order valence-electron chi connectivity index (χ0n) is 11.1. The monoisotopic (exact) mass is 262 g/mol. The summed E-state index contributed by atoms with van der Waals surface area (Å²) in [7, 11) is 0. The van der Waals surface area contributed by atoms with E-state index in [2.05, 4.69) is 10.3 Å². The van der Waals surface area contributed by atoms with Gasteiger partial charge in [0, 0.05) is 0 Å². The van der Waals surface area contributed by atoms with Crippen LogP contribution in [-0.4, -0.2) is 22.1 Å². The highest BCUT2D eigenvalue weighted by molar-refractivity contribution is 5.78. The van der Waals surface area contributed by atoms with Crippen LogP contribution in [0.3, 0.4) is 0 Å². The Morgan fingerprint density at radius 1 is 1.53 bits per heavy atom. The summed E-state index contributed by atoms with van der Waals surface area (Å²) < 4.78 is 5.50. The van der Waals surface area contributed by atoms with E-state index < -0.39 is 12.0 Å². The van der Waals surface area contributed by atoms with Crippen molar-refractivity contribution < 1.29 is 14.3 Å². The van der Waals surface area contributed by atoms with Gasteiger partial charge in [-0.05, 0) is 31.0 Å². The van der Waals surface area contributed by atoms with Crippen LogP contribution in [0.15, 0.2) is 22.6 Å². The molecule has 0 unspecified atom stereocenters. The molecule has 5 nitrogen and oxygen atoms in total. The molecule has 0 aliphatic rings. The van der Waals surface area contributed by atoms with Crippen LogP contribution < -0.4 is 5.32 Å². The molecule has 0 aliphatic heterocycles. The van der Waals surface area contributed by atoms with E-state index in [9.17, 15) is 4.79 Å². The average molecular weight is 262 g/mol. The zero-order valence-corrected chi connectivity index (χ0v) is 11.1. The Morgan fingerprint density at radius 2 is 2.32 bits per heavy atom. The molecule has 2 N–H and O–H groups in total. The van der Waals surface area contributed by atoms with Crippen LogP contribution in [-0.2, 0) is 4.79 Å². The Labute approximate surface area is 111 Å². The fourth-order valence-corrected chi connectivity index (χ4v) is 1.91. The van der Waals surface area contributed by atoms with Gasteiger partial charge in [-0.2, -0.15) is 4.98 Å². The summed E-state index contributed by atoms with van der Waals surface area (Å²) in [4.78, 5) is 15.4. The predicted molar refractivity (Wildman–Crippen MR) is 73.3 cm³/mol. The minimum atomic E-state index is -0.883. The number of nitrogens with zero attached hydrogens (tertiary/aromatic N) is 1. The number of benzene rings is 1. The van der Waals surface area contributed by atoms with Crippen molar-refractivity contribution in [2.24, 2.45) is 0 Å². The number of nitrogens with one attached hydrogen (secondary N) is 1. The molecule has 0 spiro atoms. The lowest BCUT2D eigenvalue weighted by Crippen LogP contribution is -2.29. The van der Waals surface area contributed by atoms with Gasteiger partial charge in [-0.1, -0.05) is 25.8 Å². The number of aromatic nitrogens is 1. The summed E-state index contributed by atoms with van der Waals surface area (Å²) in [6, 6.07) is 5.29. The van der Waals surface area contributed by atoms with E-state index in [0.29, 0.717) is 12.0 Å². The predicted octanol–water partition coefficient (Wildman–Crippen LogP) is 3.19. The first-order valence-corrected chi connectivity index (χ1v) is 6.46. The van der Waals surface area contributed by atoms with Gasteiger partial charge in [-0.3, -0.25) is 0 Å². The number of hydrogen-bond donors (Lipinski definition) is 2. The maximum absolute atomic E-state index is 11.1. The number of carboxylic acid groups (broad SMARTS) is 1. The standard InChI is InChI=1S/C14H18N2O3/c1-3-4-5-10(13(17)18)15-14-16-11-8-9(2)6-7-12(11)19-14/h6-8,10H,3-5H2,1-2H3,(H,15,16)(H,17,18)/t10-/m0/s1. The molecule has 0 fully saturated rings. The van der Waals surface area contributed by atoms with E-state index in [1.807, 2.05) is 32.0 Å². The number of unbranched alkanes of at least 4 members (excludes halogenated alkanes) is 1. The number of carboxylic acids is 1. The molecule has 2 aromatic rings. The van der Waals surface area contributed by atoms with Crippen LogP contribution in [0.25, 0.3) is 11.1 Å². The smallest absolute Gasteiger partial charge is 0.326 e. The molecule has 5 heteroatoms. The highest BCUT2D eigenvalue weighted by Gasteiger charge is 2.19. The molecule has 0 saturated carbocycles. The maximum Gasteiger partial charge on any atom is 0.326 e. The Kier molecular flexibility index (Phi) is 4.04. The van der Waals surface area contributed by atoms with Crippen molar-refractivity contribution in [3.8, 4) is 0 Å². The molecule has 1 aromatic carbocycles. The van der Waals surface area contributed by atoms with Gasteiger partial charge >= 0.3 is 5.97 Å². The summed E-state index contributed by atoms with van der Waals surface area (Å²) in [5, 5.41) is 12.0. The van der Waals surface area contributed by atoms with Gasteiger partial charge in [0.2, 0.25) is 0 Å². The minimum absolute atomic E-state index is 0.268. The summed E-state index contributed by atoms with van der Waals surface area (Å²) in [6.07, 6.45) is 2.37. The van der Waals surface area contributed by atoms with Crippen LogP contribution in [0.1, 0.15) is 31.7 Å². The van der Waals surface area contributed by atoms with Crippen molar-refractivity contribution in [1.82, 2.24) is 4.98 Å². The van der Waals surface area contributed by atoms with Gasteiger partial charge < -0.3 is 14.8 Å². The van der Waals surface area contributed by atoms with Crippen LogP contribution in [0, 0.1) is 6.92 Å². The first-order valence-electron chi connectivity index (χ1n) is 6.46. The van der Waals surface area contributed by atoms with Crippen molar-refractivity contribution in [2.75, 3.05) is 5.32 Å². The van der Waals surface area contributed by atoms with Crippen molar-refractivity contribution in [1.29, 1.82) is 0 Å². The maximum atomic E-state index is 11.1. The summed E-state index contributed by atoms with van der Waals surface area (Å²) in [5.41, 5.74) is 2.49. The Bertz CT molecular complexity index is 577. The molecule has 2 rings (SSSR count). The lowest BCUT2D eigenvalue weighted by molar-refractivity contribution is -0.138. The topological polar surface area (TPSA) is 75.4 Å². The molecular formula is C14H18N2O3. The highest BCUT2D eigenvalue weighted by atomic mass is 16.4. The second kappa shape index (κ2) is 5.73. The van der Waals surface area contributed by atoms with Crippen LogP contribution >= 0.6 is 0 Å². The lowest BCUT2D eigenvalue weighted by Gasteiger charge is -2.11. The number of oxazole rings is 1. The van der Waals surface area contributed by atoms with Gasteiger partial charge in [0.1, 0.15) is 11.6 Å². The van der Waals surface area contributed by atoms with Gasteiger partial charge in [0.05, 0.1) is 0 Å². The summed E-state index contributed by atoms with van der Waals surface area (Å²) >= 11 is 0. The largest absolute Gasteiger partial charge is 0.480 e. The first-order chi connectivity index (χ1) is 9.10. The fraction of sp³-hybridized carbons (Fsp3) is 0.429. The van der Waals surface area contributed by atoms with E-state index in [1.54, 1.807) is 0 Å². The van der Waals surface area contributed by atoms with E-state index in [1.165, 1.54) is 0 Å². The lowest BCUT2D eigenvalue weighted by atomic mass is 10.1. The van der Waals surface area contributed by atoms with Crippen LogP contribution in [0.4, 0.5) is 6.01 Å². The van der Waals surface area contributed by atoms with E-state index in [4.69, 9.17) is 9.52 Å². The van der Waals surface area contributed by atoms with Crippen LogP contribution in [0.2, 0.25) is 0 Å².